The van der Waals surface area contributed by atoms with Gasteiger partial charge < -0.3 is 9.97 Å². The fourth-order valence-electron chi connectivity index (χ4n) is 10.0. The summed E-state index contributed by atoms with van der Waals surface area (Å²) >= 11 is 7.52. The highest BCUT2D eigenvalue weighted by Gasteiger charge is 2.25. The van der Waals surface area contributed by atoms with Crippen LogP contribution in [0.1, 0.15) is 98.6 Å². The van der Waals surface area contributed by atoms with Gasteiger partial charge in [-0.25, -0.2) is 29.9 Å². The topological polar surface area (TPSA) is 109 Å². The summed E-state index contributed by atoms with van der Waals surface area (Å²) in [5.41, 5.74) is 6.83. The molecule has 0 saturated heterocycles. The van der Waals surface area contributed by atoms with Crippen molar-refractivity contribution in [2.45, 2.75) is 105 Å². The molecule has 4 aromatic carbocycles. The molecule has 0 radical (unpaired) electrons. The molecule has 2 N–H and O–H groups in total. The average molecular weight is 963 g/mol. The highest BCUT2D eigenvalue weighted by Crippen LogP contribution is 2.44. The number of aryl methyl sites for hydroxylation is 4. The van der Waals surface area contributed by atoms with Crippen molar-refractivity contribution in [1.29, 1.82) is 0 Å². The van der Waals surface area contributed by atoms with E-state index in [1.165, 1.54) is 111 Å². The molecule has 0 fully saturated rings. The van der Waals surface area contributed by atoms with E-state index in [4.69, 9.17) is 29.9 Å². The third-order valence-corrected chi connectivity index (χ3v) is 18.3. The largest absolute Gasteiger partial charge is 0.324 e. The van der Waals surface area contributed by atoms with Crippen molar-refractivity contribution >= 4 is 130 Å². The summed E-state index contributed by atoms with van der Waals surface area (Å²) in [6, 6.07) is 27.8. The summed E-state index contributed by atoms with van der Waals surface area (Å²) in [7, 11) is 0. The van der Waals surface area contributed by atoms with Crippen LogP contribution < -0.4 is 0 Å². The molecule has 7 aromatic heterocycles. The van der Waals surface area contributed by atoms with Gasteiger partial charge in [-0.1, -0.05) is 53.4 Å². The van der Waals surface area contributed by atoms with Gasteiger partial charge in [-0.15, -0.1) is 45.3 Å². The number of nitrogens with zero attached hydrogens (tertiary/aromatic N) is 6. The fraction of sp³-hybridized carbons (Fsp3) is 0.286. The van der Waals surface area contributed by atoms with E-state index in [2.05, 4.69) is 110 Å². The quantitative estimate of drug-likeness (QED) is 0.126. The van der Waals surface area contributed by atoms with Crippen molar-refractivity contribution < 1.29 is 0 Å². The van der Waals surface area contributed by atoms with Crippen LogP contribution in [0, 0.1) is 0 Å². The Morgan fingerprint density at radius 2 is 0.603 bits per heavy atom. The number of fused-ring (bicyclic) bond motifs is 24. The number of aromatic amines is 2. The van der Waals surface area contributed by atoms with Crippen LogP contribution in [0.15, 0.2) is 72.8 Å². The predicted octanol–water partition coefficient (Wildman–Crippen LogP) is 17.1. The summed E-state index contributed by atoms with van der Waals surface area (Å²) in [6.07, 6.45) is 13.7. The third-order valence-electron chi connectivity index (χ3n) is 13.7. The van der Waals surface area contributed by atoms with Gasteiger partial charge in [0.05, 0.1) is 0 Å². The van der Waals surface area contributed by atoms with Crippen LogP contribution in [-0.4, -0.2) is 39.9 Å². The number of aromatic nitrogens is 8. The van der Waals surface area contributed by atoms with Crippen molar-refractivity contribution in [2.75, 3.05) is 0 Å². The Balaban J connectivity index is 1.14. The Kier molecular flexibility index (Phi) is 10.5. The maximum absolute atomic E-state index is 5.49. The molecule has 0 amide bonds. The van der Waals surface area contributed by atoms with Gasteiger partial charge >= 0.3 is 0 Å². The monoisotopic (exact) mass is 962 g/mol. The lowest BCUT2D eigenvalue weighted by atomic mass is 10.1. The van der Waals surface area contributed by atoms with Crippen molar-refractivity contribution in [2.24, 2.45) is 0 Å². The number of rotatable bonds is 12. The second kappa shape index (κ2) is 16.9. The van der Waals surface area contributed by atoms with Crippen LogP contribution in [0.5, 0.6) is 0 Å². The van der Waals surface area contributed by atoms with Gasteiger partial charge in [-0.3, -0.25) is 0 Å². The molecule has 11 aromatic rings. The first-order chi connectivity index (χ1) is 33.4. The van der Waals surface area contributed by atoms with E-state index in [0.29, 0.717) is 23.3 Å². The Morgan fingerprint density at radius 1 is 0.324 bits per heavy atom. The molecule has 68 heavy (non-hydrogen) atoms. The van der Waals surface area contributed by atoms with Crippen molar-refractivity contribution in [3.63, 3.8) is 0 Å². The van der Waals surface area contributed by atoms with Gasteiger partial charge in [0.1, 0.15) is 22.6 Å². The normalized spacial score (nSPS) is 12.5. The summed E-state index contributed by atoms with van der Waals surface area (Å²) in [4.78, 5) is 45.7. The number of thiophene rings is 4. The first kappa shape index (κ1) is 42.2. The zero-order chi connectivity index (χ0) is 45.6. The minimum Gasteiger partial charge on any atom is -0.324 e. The van der Waals surface area contributed by atoms with E-state index in [-0.39, 0.29) is 0 Å². The number of nitrogens with one attached hydrogen (secondary N) is 2. The Bertz CT molecular complexity index is 3520. The van der Waals surface area contributed by atoms with Crippen LogP contribution in [0.2, 0.25) is 0 Å². The lowest BCUT2D eigenvalue weighted by molar-refractivity contribution is 0.804. The van der Waals surface area contributed by atoms with Crippen molar-refractivity contribution in [3.05, 3.63) is 92.3 Å². The van der Waals surface area contributed by atoms with Gasteiger partial charge in [0, 0.05) is 82.1 Å². The van der Waals surface area contributed by atoms with E-state index >= 15 is 0 Å². The molecule has 9 heterocycles. The number of hydrogen-bond donors (Lipinski definition) is 2. The zero-order valence-corrected chi connectivity index (χ0v) is 42.0. The van der Waals surface area contributed by atoms with Crippen LogP contribution in [0.25, 0.3) is 130 Å². The molecule has 12 heteroatoms. The number of unbranched alkanes of at least 4 members (excludes halogenated alkanes) is 4. The van der Waals surface area contributed by atoms with E-state index < -0.39 is 0 Å². The van der Waals surface area contributed by atoms with E-state index in [9.17, 15) is 0 Å². The molecular weight excluding hydrogens is 913 g/mol. The second-order valence-electron chi connectivity index (χ2n) is 18.6. The molecule has 2 aliphatic heterocycles. The second-order valence-corrected chi connectivity index (χ2v) is 23.3. The first-order valence-electron chi connectivity index (χ1n) is 24.5. The van der Waals surface area contributed by atoms with Gasteiger partial charge in [0.25, 0.3) is 0 Å². The summed E-state index contributed by atoms with van der Waals surface area (Å²) in [5, 5.41) is 8.92. The van der Waals surface area contributed by atoms with Gasteiger partial charge in [-0.2, -0.15) is 0 Å². The molecule has 0 unspecified atom stereocenters. The number of hydrogen-bond acceptors (Lipinski definition) is 10. The van der Waals surface area contributed by atoms with Gasteiger partial charge in [0.2, 0.25) is 0 Å². The predicted molar refractivity (Wildman–Crippen MR) is 292 cm³/mol. The molecule has 0 saturated carbocycles. The average Bonchev–Trinajstić information content (AvgIpc) is 4.23. The molecule has 338 valence electrons. The Labute approximate surface area is 409 Å². The highest BCUT2D eigenvalue weighted by atomic mass is 32.1. The Hall–Kier alpha value is -5.92. The molecule has 0 atom stereocenters. The summed E-state index contributed by atoms with van der Waals surface area (Å²) in [5.74, 6) is 2.55. The lowest BCUT2D eigenvalue weighted by Crippen LogP contribution is -1.83. The molecule has 2 aliphatic rings. The summed E-state index contributed by atoms with van der Waals surface area (Å²) in [6.45, 7) is 9.04. The maximum atomic E-state index is 5.49. The van der Waals surface area contributed by atoms with E-state index in [1.807, 2.05) is 45.3 Å². The highest BCUT2D eigenvalue weighted by molar-refractivity contribution is 7.20. The first-order valence-corrected chi connectivity index (χ1v) is 27.8. The minimum absolute atomic E-state index is 0.637. The van der Waals surface area contributed by atoms with E-state index in [0.717, 1.165) is 92.1 Å². The molecule has 13 rings (SSSR count). The van der Waals surface area contributed by atoms with Crippen LogP contribution in [0.4, 0.5) is 0 Å². The zero-order valence-electron chi connectivity index (χ0n) is 38.7. The molecule has 0 aliphatic carbocycles. The maximum Gasteiger partial charge on any atom is 0.164 e. The Morgan fingerprint density at radius 3 is 0.926 bits per heavy atom. The number of H-pyrrole nitrogens is 2. The summed E-state index contributed by atoms with van der Waals surface area (Å²) < 4.78 is 4.97. The number of benzene rings is 4. The minimum atomic E-state index is 0.637. The van der Waals surface area contributed by atoms with Gasteiger partial charge in [0.15, 0.2) is 23.3 Å². The van der Waals surface area contributed by atoms with Crippen LogP contribution in [0.3, 0.4) is 0 Å². The fourth-order valence-corrected chi connectivity index (χ4v) is 14.5. The van der Waals surface area contributed by atoms with E-state index in [1.54, 1.807) is 0 Å². The molecule has 8 nitrogen and oxygen atoms in total. The van der Waals surface area contributed by atoms with Crippen LogP contribution in [-0.2, 0) is 25.7 Å². The SMILES string of the molecule is CCCCc1cc2cc3c(cc2s1)-c1nc-3nc2[nH]c(nc3nc(nc4[nH]c(n1)c1cc5cc(CCCC)sc5cc41)-c1cc4cc(CCCC)sc4cc1-3)c1cc3cc(CCCC)sc3cc21. The van der Waals surface area contributed by atoms with Crippen molar-refractivity contribution in [1.82, 2.24) is 39.9 Å². The smallest absolute Gasteiger partial charge is 0.164 e. The lowest BCUT2D eigenvalue weighted by Gasteiger charge is -1.99. The molecule has 8 bridgehead atoms. The van der Waals surface area contributed by atoms with Crippen LogP contribution >= 0.6 is 45.3 Å². The molecular formula is C56H50N8S4. The standard InChI is InChI=1S/C56H50N8S4/c1-5-9-13-33-17-29-21-37-41(25-45(29)65-33)53-57-49(37)61-54-42-26-46-31(19-35(66-46)15-11-7-3)23-39(42)51(59-54)63-56-44-28-48-32(20-36(68-48)16-12-8-4)24-40(44)52(60-56)64-55-43-27-47-30(18-34(67-47)14-10-6-2)22-38(43)50(58-55)62-53/h17-28H,5-16H2,1-4H3,(H2,57,58,59,60,61,62,63,64). The third kappa shape index (κ3) is 7.25. The van der Waals surface area contributed by atoms with Crippen molar-refractivity contribution in [3.8, 4) is 45.6 Å². The molecule has 0 spiro atoms. The van der Waals surface area contributed by atoms with Gasteiger partial charge in [-0.05, 0) is 146 Å².